The molecule has 1 atom stereocenters. The fourth-order valence-electron chi connectivity index (χ4n) is 1.23. The van der Waals surface area contributed by atoms with Gasteiger partial charge < -0.3 is 4.52 Å². The maximum absolute atomic E-state index is 11.5. The second-order valence-electron chi connectivity index (χ2n) is 3.72. The fourth-order valence-corrected chi connectivity index (χ4v) is 2.00. The van der Waals surface area contributed by atoms with Crippen molar-refractivity contribution in [2.24, 2.45) is 4.99 Å². The summed E-state index contributed by atoms with van der Waals surface area (Å²) >= 11 is 0. The molecular formula is C12H18NO2P. The van der Waals surface area contributed by atoms with E-state index in [1.807, 2.05) is 36.5 Å². The third-order valence-electron chi connectivity index (χ3n) is 2.30. The molecule has 0 aromatic heterocycles. The Morgan fingerprint density at radius 1 is 1.38 bits per heavy atom. The number of aliphatic imine (C=N–C) groups is 1. The van der Waals surface area contributed by atoms with E-state index in [4.69, 9.17) is 4.52 Å². The van der Waals surface area contributed by atoms with Crippen molar-refractivity contribution in [3.8, 4) is 0 Å². The van der Waals surface area contributed by atoms with Crippen molar-refractivity contribution < 1.29 is 9.09 Å². The molecule has 1 aromatic carbocycles. The molecule has 0 N–H and O–H groups in total. The second kappa shape index (κ2) is 6.62. The first-order chi connectivity index (χ1) is 7.64. The topological polar surface area (TPSA) is 38.7 Å². The molecule has 3 nitrogen and oxygen atoms in total. The zero-order valence-electron chi connectivity index (χ0n) is 9.80. The Kier molecular flexibility index (Phi) is 5.44. The van der Waals surface area contributed by atoms with E-state index in [0.29, 0.717) is 19.1 Å². The van der Waals surface area contributed by atoms with Gasteiger partial charge in [0, 0.05) is 19.9 Å². The van der Waals surface area contributed by atoms with Crippen molar-refractivity contribution in [3.05, 3.63) is 35.9 Å². The third kappa shape index (κ3) is 5.24. The van der Waals surface area contributed by atoms with E-state index in [0.717, 1.165) is 0 Å². The first kappa shape index (κ1) is 13.1. The van der Waals surface area contributed by atoms with E-state index < -0.39 is 7.37 Å². The second-order valence-corrected chi connectivity index (χ2v) is 6.56. The van der Waals surface area contributed by atoms with E-state index in [9.17, 15) is 4.57 Å². The van der Waals surface area contributed by atoms with Crippen LogP contribution in [0.1, 0.15) is 12.0 Å². The lowest BCUT2D eigenvalue weighted by Gasteiger charge is -2.07. The molecule has 0 radical (unpaired) electrons. The van der Waals surface area contributed by atoms with Crippen LogP contribution < -0.4 is 0 Å². The summed E-state index contributed by atoms with van der Waals surface area (Å²) in [7, 11) is -0.889. The molecule has 0 aliphatic rings. The highest BCUT2D eigenvalue weighted by Crippen LogP contribution is 2.41. The molecule has 1 unspecified atom stereocenters. The van der Waals surface area contributed by atoms with Crippen molar-refractivity contribution >= 4 is 13.6 Å². The highest BCUT2D eigenvalue weighted by molar-refractivity contribution is 7.58. The van der Waals surface area contributed by atoms with Crippen LogP contribution >= 0.6 is 7.37 Å². The molecule has 1 rings (SSSR count). The standard InChI is InChI=1S/C12H18NO2P/c1-15-16(2,14)10-6-9-13-11-12-7-4-3-5-8-12/h3-5,7-9H,6,10-11H2,1-2H3. The summed E-state index contributed by atoms with van der Waals surface area (Å²) in [6, 6.07) is 10.1. The molecule has 0 aliphatic heterocycles. The predicted molar refractivity (Wildman–Crippen MR) is 68.7 cm³/mol. The Morgan fingerprint density at radius 2 is 2.06 bits per heavy atom. The van der Waals surface area contributed by atoms with Gasteiger partial charge in [0.25, 0.3) is 0 Å². The van der Waals surface area contributed by atoms with Crippen LogP contribution in [0.4, 0.5) is 0 Å². The molecule has 0 aliphatic carbocycles. The SMILES string of the molecule is COP(C)(=O)CCC=NCc1ccccc1. The summed E-state index contributed by atoms with van der Waals surface area (Å²) in [5.41, 5.74) is 1.19. The summed E-state index contributed by atoms with van der Waals surface area (Å²) < 4.78 is 16.4. The lowest BCUT2D eigenvalue weighted by molar-refractivity contribution is 0.399. The lowest BCUT2D eigenvalue weighted by atomic mass is 10.2. The van der Waals surface area contributed by atoms with E-state index in [1.54, 1.807) is 6.66 Å². The maximum Gasteiger partial charge on any atom is 0.200 e. The van der Waals surface area contributed by atoms with Crippen LogP contribution in [-0.2, 0) is 15.6 Å². The normalized spacial score (nSPS) is 15.1. The van der Waals surface area contributed by atoms with Gasteiger partial charge in [-0.3, -0.25) is 9.56 Å². The van der Waals surface area contributed by atoms with E-state index >= 15 is 0 Å². The molecule has 0 bridgehead atoms. The van der Waals surface area contributed by atoms with Gasteiger partial charge in [-0.2, -0.15) is 0 Å². The van der Waals surface area contributed by atoms with Gasteiger partial charge in [-0.05, 0) is 18.2 Å². The lowest BCUT2D eigenvalue weighted by Crippen LogP contribution is -1.91. The number of rotatable bonds is 6. The molecule has 16 heavy (non-hydrogen) atoms. The summed E-state index contributed by atoms with van der Waals surface area (Å²) in [6.45, 7) is 2.33. The number of nitrogens with zero attached hydrogens (tertiary/aromatic N) is 1. The van der Waals surface area contributed by atoms with Crippen molar-refractivity contribution in [1.82, 2.24) is 0 Å². The van der Waals surface area contributed by atoms with Gasteiger partial charge in [-0.25, -0.2) is 0 Å². The van der Waals surface area contributed by atoms with Gasteiger partial charge in [0.1, 0.15) is 0 Å². The molecule has 0 saturated carbocycles. The number of hydrogen-bond donors (Lipinski definition) is 0. The van der Waals surface area contributed by atoms with Crippen LogP contribution in [0, 0.1) is 0 Å². The summed E-state index contributed by atoms with van der Waals surface area (Å²) in [4.78, 5) is 4.28. The minimum absolute atomic E-state index is 0.557. The summed E-state index contributed by atoms with van der Waals surface area (Å²) in [5, 5.41) is 0. The van der Waals surface area contributed by atoms with Crippen LogP contribution in [-0.4, -0.2) is 26.2 Å². The average Bonchev–Trinajstić information content (AvgIpc) is 2.30. The average molecular weight is 239 g/mol. The van der Waals surface area contributed by atoms with Crippen molar-refractivity contribution in [1.29, 1.82) is 0 Å². The molecule has 1 aromatic rings. The van der Waals surface area contributed by atoms with E-state index in [2.05, 4.69) is 4.99 Å². The smallest absolute Gasteiger partial charge is 0.200 e. The van der Waals surface area contributed by atoms with Gasteiger partial charge in [0.05, 0.1) is 6.54 Å². The summed E-state index contributed by atoms with van der Waals surface area (Å²) in [6.07, 6.45) is 3.08. The van der Waals surface area contributed by atoms with Gasteiger partial charge >= 0.3 is 0 Å². The molecule has 4 heteroatoms. The van der Waals surface area contributed by atoms with Crippen LogP contribution in [0.25, 0.3) is 0 Å². The van der Waals surface area contributed by atoms with Gasteiger partial charge in [0.15, 0.2) is 7.37 Å². The van der Waals surface area contributed by atoms with Crippen molar-refractivity contribution in [3.63, 3.8) is 0 Å². The van der Waals surface area contributed by atoms with Crippen LogP contribution in [0.3, 0.4) is 0 Å². The van der Waals surface area contributed by atoms with Crippen LogP contribution in [0.2, 0.25) is 0 Å². The minimum Gasteiger partial charge on any atom is -0.332 e. The van der Waals surface area contributed by atoms with Gasteiger partial charge in [0.2, 0.25) is 0 Å². The first-order valence-corrected chi connectivity index (χ1v) is 7.54. The largest absolute Gasteiger partial charge is 0.332 e. The zero-order valence-corrected chi connectivity index (χ0v) is 10.7. The quantitative estimate of drug-likeness (QED) is 0.564. The third-order valence-corrected chi connectivity index (χ3v) is 4.14. The van der Waals surface area contributed by atoms with Gasteiger partial charge in [-0.15, -0.1) is 0 Å². The molecule has 0 spiro atoms. The molecule has 0 amide bonds. The molecule has 0 saturated heterocycles. The van der Waals surface area contributed by atoms with E-state index in [1.165, 1.54) is 12.7 Å². The van der Waals surface area contributed by atoms with Crippen LogP contribution in [0.15, 0.2) is 35.3 Å². The highest BCUT2D eigenvalue weighted by Gasteiger charge is 2.11. The van der Waals surface area contributed by atoms with Gasteiger partial charge in [-0.1, -0.05) is 30.3 Å². The number of benzene rings is 1. The highest BCUT2D eigenvalue weighted by atomic mass is 31.2. The Bertz CT molecular complexity index is 376. The molecule has 88 valence electrons. The monoisotopic (exact) mass is 239 g/mol. The Morgan fingerprint density at radius 3 is 2.69 bits per heavy atom. The van der Waals surface area contributed by atoms with E-state index in [-0.39, 0.29) is 0 Å². The Labute approximate surface area is 97.0 Å². The maximum atomic E-state index is 11.5. The fraction of sp³-hybridized carbons (Fsp3) is 0.417. The summed E-state index contributed by atoms with van der Waals surface area (Å²) in [5.74, 6) is 0. The minimum atomic E-state index is -2.38. The van der Waals surface area contributed by atoms with Crippen molar-refractivity contribution in [2.75, 3.05) is 19.9 Å². The number of hydrogen-bond acceptors (Lipinski definition) is 3. The predicted octanol–water partition coefficient (Wildman–Crippen LogP) is 3.20. The Balaban J connectivity index is 2.27. The van der Waals surface area contributed by atoms with Crippen LogP contribution in [0.5, 0.6) is 0 Å². The molecular weight excluding hydrogens is 221 g/mol. The van der Waals surface area contributed by atoms with Crippen molar-refractivity contribution in [2.45, 2.75) is 13.0 Å². The molecule has 0 heterocycles. The first-order valence-electron chi connectivity index (χ1n) is 5.28. The molecule has 0 fully saturated rings. The Hall–Kier alpha value is -0.920. The zero-order chi connectivity index (χ0) is 11.9.